The summed E-state index contributed by atoms with van der Waals surface area (Å²) in [6.45, 7) is 14.3. The van der Waals surface area contributed by atoms with Crippen LogP contribution in [0.25, 0.3) is 0 Å². The smallest absolute Gasteiger partial charge is 0.0299 e. The summed E-state index contributed by atoms with van der Waals surface area (Å²) in [6, 6.07) is 2.36. The van der Waals surface area contributed by atoms with Crippen molar-refractivity contribution in [2.75, 3.05) is 19.6 Å². The third-order valence-electron chi connectivity index (χ3n) is 2.91. The van der Waals surface area contributed by atoms with Gasteiger partial charge in [0.1, 0.15) is 0 Å². The number of hydrogen-bond donors (Lipinski definition) is 1. The van der Waals surface area contributed by atoms with Gasteiger partial charge in [-0.05, 0) is 38.2 Å². The summed E-state index contributed by atoms with van der Waals surface area (Å²) in [5.41, 5.74) is 1.50. The van der Waals surface area contributed by atoms with Crippen LogP contribution in [-0.2, 0) is 13.1 Å². The van der Waals surface area contributed by atoms with Gasteiger partial charge in [-0.15, -0.1) is 11.3 Å². The van der Waals surface area contributed by atoms with E-state index in [4.69, 9.17) is 0 Å². The Labute approximate surface area is 104 Å². The second-order valence-electron chi connectivity index (χ2n) is 4.04. The molecule has 0 radical (unpaired) electrons. The molecule has 1 rings (SSSR count). The van der Waals surface area contributed by atoms with Crippen LogP contribution in [-0.4, -0.2) is 24.5 Å². The molecular formula is C13H24N2S. The van der Waals surface area contributed by atoms with E-state index in [2.05, 4.69) is 44.0 Å². The molecule has 1 aromatic rings. The molecule has 0 saturated heterocycles. The molecule has 0 aliphatic rings. The fraction of sp³-hybridized carbons (Fsp3) is 0.692. The summed E-state index contributed by atoms with van der Waals surface area (Å²) < 4.78 is 0. The van der Waals surface area contributed by atoms with Crippen LogP contribution < -0.4 is 5.32 Å². The Morgan fingerprint density at radius 1 is 1.25 bits per heavy atom. The number of nitrogens with one attached hydrogen (secondary N) is 1. The molecule has 0 aromatic carbocycles. The zero-order valence-electron chi connectivity index (χ0n) is 11.0. The topological polar surface area (TPSA) is 15.3 Å². The van der Waals surface area contributed by atoms with E-state index in [1.165, 1.54) is 15.3 Å². The predicted molar refractivity (Wildman–Crippen MR) is 73.1 cm³/mol. The molecule has 92 valence electrons. The highest BCUT2D eigenvalue weighted by Gasteiger charge is 2.08. The summed E-state index contributed by atoms with van der Waals surface area (Å²) in [4.78, 5) is 5.40. The number of rotatable bonds is 7. The second kappa shape index (κ2) is 7.05. The van der Waals surface area contributed by atoms with Crippen LogP contribution in [0, 0.1) is 6.92 Å². The maximum atomic E-state index is 3.38. The van der Waals surface area contributed by atoms with E-state index in [0.29, 0.717) is 0 Å². The molecule has 2 nitrogen and oxygen atoms in total. The molecule has 0 amide bonds. The Kier molecular flexibility index (Phi) is 6.03. The van der Waals surface area contributed by atoms with Crippen molar-refractivity contribution in [3.63, 3.8) is 0 Å². The Bertz CT molecular complexity index is 303. The van der Waals surface area contributed by atoms with E-state index < -0.39 is 0 Å². The zero-order valence-corrected chi connectivity index (χ0v) is 11.8. The zero-order chi connectivity index (χ0) is 12.0. The Morgan fingerprint density at radius 3 is 2.50 bits per heavy atom. The summed E-state index contributed by atoms with van der Waals surface area (Å²) in [6.07, 6.45) is 0. The van der Waals surface area contributed by atoms with Crippen molar-refractivity contribution >= 4 is 11.3 Å². The molecule has 16 heavy (non-hydrogen) atoms. The Hall–Kier alpha value is -0.380. The minimum absolute atomic E-state index is 1.01. The van der Waals surface area contributed by atoms with Crippen LogP contribution in [0.15, 0.2) is 6.07 Å². The largest absolute Gasteiger partial charge is 0.312 e. The molecule has 0 saturated carbocycles. The number of hydrogen-bond acceptors (Lipinski definition) is 3. The molecule has 1 N–H and O–H groups in total. The van der Waals surface area contributed by atoms with Crippen LogP contribution in [0.4, 0.5) is 0 Å². The molecule has 0 aliphatic carbocycles. The van der Waals surface area contributed by atoms with Crippen molar-refractivity contribution in [3.05, 3.63) is 21.4 Å². The quantitative estimate of drug-likeness (QED) is 0.788. The van der Waals surface area contributed by atoms with Crippen LogP contribution in [0.5, 0.6) is 0 Å². The van der Waals surface area contributed by atoms with Gasteiger partial charge in [0, 0.05) is 22.8 Å². The van der Waals surface area contributed by atoms with Gasteiger partial charge in [0.25, 0.3) is 0 Å². The molecular weight excluding hydrogens is 216 g/mol. The van der Waals surface area contributed by atoms with Crippen molar-refractivity contribution in [2.24, 2.45) is 0 Å². The van der Waals surface area contributed by atoms with Gasteiger partial charge < -0.3 is 5.32 Å². The van der Waals surface area contributed by atoms with Gasteiger partial charge in [-0.25, -0.2) is 0 Å². The minimum Gasteiger partial charge on any atom is -0.312 e. The third-order valence-corrected chi connectivity index (χ3v) is 4.00. The highest BCUT2D eigenvalue weighted by Crippen LogP contribution is 2.22. The van der Waals surface area contributed by atoms with Crippen molar-refractivity contribution in [1.29, 1.82) is 0 Å². The molecule has 0 bridgehead atoms. The van der Waals surface area contributed by atoms with E-state index >= 15 is 0 Å². The number of nitrogens with zero attached hydrogens (tertiary/aromatic N) is 1. The summed E-state index contributed by atoms with van der Waals surface area (Å²) in [7, 11) is 0. The molecule has 0 spiro atoms. The summed E-state index contributed by atoms with van der Waals surface area (Å²) >= 11 is 1.93. The normalized spacial score (nSPS) is 11.3. The highest BCUT2D eigenvalue weighted by atomic mass is 32.1. The van der Waals surface area contributed by atoms with Crippen LogP contribution >= 0.6 is 11.3 Å². The summed E-state index contributed by atoms with van der Waals surface area (Å²) in [5, 5.41) is 3.38. The van der Waals surface area contributed by atoms with E-state index in [1.807, 2.05) is 11.3 Å². The van der Waals surface area contributed by atoms with Gasteiger partial charge in [0.15, 0.2) is 0 Å². The fourth-order valence-corrected chi connectivity index (χ4v) is 2.79. The van der Waals surface area contributed by atoms with Gasteiger partial charge in [-0.3, -0.25) is 4.90 Å². The van der Waals surface area contributed by atoms with E-state index in [-0.39, 0.29) is 0 Å². The molecule has 3 heteroatoms. The first-order valence-corrected chi connectivity index (χ1v) is 7.04. The van der Waals surface area contributed by atoms with E-state index in [0.717, 1.165) is 32.7 Å². The molecule has 0 fully saturated rings. The maximum absolute atomic E-state index is 3.38. The predicted octanol–water partition coefficient (Wildman–Crippen LogP) is 3.01. The first-order chi connectivity index (χ1) is 7.71. The lowest BCUT2D eigenvalue weighted by Gasteiger charge is -2.17. The minimum atomic E-state index is 1.01. The average molecular weight is 240 g/mol. The fourth-order valence-electron chi connectivity index (χ4n) is 1.77. The maximum Gasteiger partial charge on any atom is 0.0299 e. The third kappa shape index (κ3) is 3.89. The van der Waals surface area contributed by atoms with Gasteiger partial charge in [0.2, 0.25) is 0 Å². The molecule has 0 aliphatic heterocycles. The Morgan fingerprint density at radius 2 is 1.94 bits per heavy atom. The molecule has 1 heterocycles. The van der Waals surface area contributed by atoms with E-state index in [1.54, 1.807) is 0 Å². The highest BCUT2D eigenvalue weighted by molar-refractivity contribution is 7.12. The molecule has 0 atom stereocenters. The van der Waals surface area contributed by atoms with Crippen molar-refractivity contribution in [3.8, 4) is 0 Å². The second-order valence-corrected chi connectivity index (χ2v) is 5.38. The number of aryl methyl sites for hydroxylation is 1. The standard InChI is InChI=1S/C13H24N2S/c1-5-14-9-13-8-12(11(4)16-13)10-15(6-2)7-3/h8,14H,5-7,9-10H2,1-4H3. The van der Waals surface area contributed by atoms with E-state index in [9.17, 15) is 0 Å². The SMILES string of the molecule is CCNCc1cc(CN(CC)CC)c(C)s1. The van der Waals surface area contributed by atoms with Gasteiger partial charge in [-0.2, -0.15) is 0 Å². The first-order valence-electron chi connectivity index (χ1n) is 6.22. The van der Waals surface area contributed by atoms with Crippen LogP contribution in [0.1, 0.15) is 36.1 Å². The van der Waals surface area contributed by atoms with Gasteiger partial charge in [-0.1, -0.05) is 20.8 Å². The Balaban J connectivity index is 2.62. The molecule has 0 unspecified atom stereocenters. The lowest BCUT2D eigenvalue weighted by atomic mass is 10.2. The molecule has 1 aromatic heterocycles. The van der Waals surface area contributed by atoms with Gasteiger partial charge >= 0.3 is 0 Å². The lowest BCUT2D eigenvalue weighted by Crippen LogP contribution is -2.22. The number of thiophene rings is 1. The first kappa shape index (κ1) is 13.7. The lowest BCUT2D eigenvalue weighted by molar-refractivity contribution is 0.295. The van der Waals surface area contributed by atoms with Gasteiger partial charge in [0.05, 0.1) is 0 Å². The van der Waals surface area contributed by atoms with Crippen molar-refractivity contribution in [2.45, 2.75) is 40.8 Å². The average Bonchev–Trinajstić information content (AvgIpc) is 2.64. The van der Waals surface area contributed by atoms with Crippen LogP contribution in [0.2, 0.25) is 0 Å². The van der Waals surface area contributed by atoms with Crippen LogP contribution in [0.3, 0.4) is 0 Å². The monoisotopic (exact) mass is 240 g/mol. The van der Waals surface area contributed by atoms with Crippen molar-refractivity contribution in [1.82, 2.24) is 10.2 Å². The summed E-state index contributed by atoms with van der Waals surface area (Å²) in [5.74, 6) is 0. The van der Waals surface area contributed by atoms with Crippen molar-refractivity contribution < 1.29 is 0 Å².